The number of carbonyl (C=O) groups is 1. The van der Waals surface area contributed by atoms with Crippen molar-refractivity contribution in [2.75, 3.05) is 13.2 Å². The Morgan fingerprint density at radius 3 is 2.77 bits per heavy atom. The Balaban J connectivity index is 1.36. The van der Waals surface area contributed by atoms with Crippen molar-refractivity contribution in [1.29, 1.82) is 0 Å². The van der Waals surface area contributed by atoms with Crippen LogP contribution in [0.25, 0.3) is 6.58 Å². The summed E-state index contributed by atoms with van der Waals surface area (Å²) in [6.45, 7) is 9.96. The minimum Gasteiger partial charge on any atom is -0.493 e. The number of benzene rings is 1. The molecule has 0 radical (unpaired) electrons. The van der Waals surface area contributed by atoms with Crippen LogP contribution in [0.2, 0.25) is 0 Å². The number of hydrogen-bond donors (Lipinski definition) is 1. The zero-order chi connectivity index (χ0) is 24.8. The molecule has 7 heteroatoms. The van der Waals surface area contributed by atoms with Gasteiger partial charge in [0.05, 0.1) is 18.8 Å². The number of nitrogens with one attached hydrogen (secondary N) is 1. The van der Waals surface area contributed by atoms with Crippen LogP contribution >= 0.6 is 0 Å². The van der Waals surface area contributed by atoms with Crippen LogP contribution in [0.3, 0.4) is 0 Å². The van der Waals surface area contributed by atoms with Gasteiger partial charge in [0.15, 0.2) is 0 Å². The van der Waals surface area contributed by atoms with E-state index in [2.05, 4.69) is 28.4 Å². The number of ether oxygens (including phenoxy) is 1. The number of H-pyrrole nitrogens is 1. The minimum absolute atomic E-state index is 0.216. The molecule has 1 fully saturated rings. The number of rotatable bonds is 11. The number of amides is 1. The lowest BCUT2D eigenvalue weighted by molar-refractivity contribution is -0.134. The summed E-state index contributed by atoms with van der Waals surface area (Å²) in [5.74, 6) is 1.04. The highest BCUT2D eigenvalue weighted by atomic mass is 16.5. The summed E-state index contributed by atoms with van der Waals surface area (Å²) in [5.41, 5.74) is 3.12. The van der Waals surface area contributed by atoms with E-state index in [1.165, 1.54) is 38.5 Å². The van der Waals surface area contributed by atoms with E-state index in [1.54, 1.807) is 4.57 Å². The number of hydrogen-bond acceptors (Lipinski definition) is 4. The van der Waals surface area contributed by atoms with Crippen molar-refractivity contribution in [3.05, 3.63) is 44.6 Å². The number of carbonyl (C=O) groups excluding carboxylic acids is 1. The average molecular weight is 481 g/mol. The Kier molecular flexibility index (Phi) is 8.47. The van der Waals surface area contributed by atoms with E-state index in [4.69, 9.17) is 4.74 Å². The number of fused-ring (bicyclic) bond motifs is 2. The predicted octanol–water partition coefficient (Wildman–Crippen LogP) is 4.11. The molecule has 1 aliphatic carbocycles. The fraction of sp³-hybridized carbons (Fsp3) is 0.607. The normalized spacial score (nSPS) is 15.3. The first kappa shape index (κ1) is 25.3. The Labute approximate surface area is 207 Å². The van der Waals surface area contributed by atoms with Crippen LogP contribution in [-0.2, 0) is 11.3 Å². The van der Waals surface area contributed by atoms with E-state index in [0.717, 1.165) is 48.4 Å². The van der Waals surface area contributed by atoms with Gasteiger partial charge in [-0.05, 0) is 50.3 Å². The van der Waals surface area contributed by atoms with Crippen LogP contribution in [0, 0.1) is 6.92 Å². The molecule has 35 heavy (non-hydrogen) atoms. The van der Waals surface area contributed by atoms with Gasteiger partial charge in [0.25, 0.3) is 5.56 Å². The molecule has 4 rings (SSSR count). The molecule has 0 bridgehead atoms. The summed E-state index contributed by atoms with van der Waals surface area (Å²) in [6, 6.07) is 4.43. The smallest absolute Gasteiger partial charge is 0.274 e. The molecule has 2 aliphatic rings. The van der Waals surface area contributed by atoms with Crippen LogP contribution < -0.4 is 21.3 Å². The number of unbranched alkanes of at least 4 members (excludes halogenated alkanes) is 3. The van der Waals surface area contributed by atoms with Gasteiger partial charge in [-0.25, -0.2) is 4.99 Å². The first-order valence-corrected chi connectivity index (χ1v) is 13.4. The van der Waals surface area contributed by atoms with Gasteiger partial charge < -0.3 is 14.2 Å². The van der Waals surface area contributed by atoms with Crippen molar-refractivity contribution in [2.45, 2.75) is 97.1 Å². The van der Waals surface area contributed by atoms with E-state index in [9.17, 15) is 9.59 Å². The molecule has 0 unspecified atom stereocenters. The molecule has 1 saturated carbocycles. The minimum atomic E-state index is -0.216. The third-order valence-corrected chi connectivity index (χ3v) is 7.32. The highest BCUT2D eigenvalue weighted by Crippen LogP contribution is 2.32. The van der Waals surface area contributed by atoms with Gasteiger partial charge in [-0.15, -0.1) is 0 Å². The molecule has 1 N–H and O–H groups in total. The highest BCUT2D eigenvalue weighted by molar-refractivity contribution is 5.76. The van der Waals surface area contributed by atoms with Crippen LogP contribution in [0.5, 0.6) is 5.75 Å². The molecular weight excluding hydrogens is 440 g/mol. The Bertz CT molecular complexity index is 1190. The second kappa shape index (κ2) is 11.7. The van der Waals surface area contributed by atoms with E-state index < -0.39 is 0 Å². The van der Waals surface area contributed by atoms with Crippen LogP contribution in [0.1, 0.15) is 88.7 Å². The lowest BCUT2D eigenvalue weighted by Crippen LogP contribution is -2.42. The van der Waals surface area contributed by atoms with Gasteiger partial charge in [0.2, 0.25) is 11.5 Å². The van der Waals surface area contributed by atoms with Gasteiger partial charge in [0, 0.05) is 24.6 Å². The quantitative estimate of drug-likeness (QED) is 0.420. The molecule has 0 atom stereocenters. The molecular formula is C28H40N4O3. The first-order valence-electron chi connectivity index (χ1n) is 13.4. The summed E-state index contributed by atoms with van der Waals surface area (Å²) in [7, 11) is 0. The van der Waals surface area contributed by atoms with Crippen molar-refractivity contribution in [3.8, 4) is 5.75 Å². The summed E-state index contributed by atoms with van der Waals surface area (Å²) < 4.78 is 7.97. The number of aryl methyl sites for hydroxylation is 1. The highest BCUT2D eigenvalue weighted by Gasteiger charge is 2.25. The lowest BCUT2D eigenvalue weighted by Gasteiger charge is -2.34. The van der Waals surface area contributed by atoms with Gasteiger partial charge in [0.1, 0.15) is 11.1 Å². The number of imidazole rings is 1. The molecule has 2 heterocycles. The second-order valence-corrected chi connectivity index (χ2v) is 10.1. The second-order valence-electron chi connectivity index (χ2n) is 10.1. The monoisotopic (exact) mass is 480 g/mol. The van der Waals surface area contributed by atoms with Crippen molar-refractivity contribution >= 4 is 18.2 Å². The Morgan fingerprint density at radius 2 is 2.00 bits per heavy atom. The van der Waals surface area contributed by atoms with E-state index in [-0.39, 0.29) is 11.5 Å². The maximum atomic E-state index is 13.2. The largest absolute Gasteiger partial charge is 0.493 e. The summed E-state index contributed by atoms with van der Waals surface area (Å²) >= 11 is 0. The van der Waals surface area contributed by atoms with Crippen molar-refractivity contribution in [1.82, 2.24) is 14.5 Å². The number of aromatic amines is 1. The molecule has 1 aliphatic heterocycles. The first-order chi connectivity index (χ1) is 17.0. The molecule has 1 aromatic heterocycles. The van der Waals surface area contributed by atoms with Gasteiger partial charge in [-0.2, -0.15) is 0 Å². The van der Waals surface area contributed by atoms with Crippen molar-refractivity contribution in [2.24, 2.45) is 4.99 Å². The standard InChI is InChI=1S/C28H40N4O3/c1-4-5-6-10-15-31(22-12-8-7-9-13-22)26(33)14-11-16-35-25-18-20(2)17-24-23(25)19-32-21(3)27(34)30-28(32)29-24/h17-18,22H,3-16,19H2,1-2H3,(H,29,30,34). The topological polar surface area (TPSA) is 79.7 Å². The predicted molar refractivity (Wildman–Crippen MR) is 139 cm³/mol. The fourth-order valence-electron chi connectivity index (χ4n) is 5.34. The molecule has 0 spiro atoms. The molecule has 190 valence electrons. The average Bonchev–Trinajstić information content (AvgIpc) is 3.13. The SMILES string of the molecule is C=c1c(=O)[nH]c2n1Cc1c(cc(C)cc1OCCCC(=O)N(CCCCCC)C1CCCCC1)N=2. The van der Waals surface area contributed by atoms with Gasteiger partial charge >= 0.3 is 0 Å². The molecule has 7 nitrogen and oxygen atoms in total. The zero-order valence-electron chi connectivity index (χ0n) is 21.4. The molecule has 0 saturated heterocycles. The summed E-state index contributed by atoms with van der Waals surface area (Å²) in [6.07, 6.45) is 12.0. The van der Waals surface area contributed by atoms with Crippen LogP contribution in [0.15, 0.2) is 21.9 Å². The zero-order valence-corrected chi connectivity index (χ0v) is 21.4. The van der Waals surface area contributed by atoms with Crippen molar-refractivity contribution < 1.29 is 9.53 Å². The molecule has 2 aromatic rings. The maximum Gasteiger partial charge on any atom is 0.274 e. The van der Waals surface area contributed by atoms with E-state index >= 15 is 0 Å². The van der Waals surface area contributed by atoms with Crippen LogP contribution in [0.4, 0.5) is 5.69 Å². The summed E-state index contributed by atoms with van der Waals surface area (Å²) in [5, 5.41) is 0.397. The lowest BCUT2D eigenvalue weighted by atomic mass is 9.93. The maximum absolute atomic E-state index is 13.2. The van der Waals surface area contributed by atoms with Gasteiger partial charge in [-0.1, -0.05) is 52.0 Å². The van der Waals surface area contributed by atoms with Crippen LogP contribution in [-0.4, -0.2) is 39.6 Å². The Morgan fingerprint density at radius 1 is 1.20 bits per heavy atom. The molecule has 1 amide bonds. The number of nitrogens with zero attached hydrogens (tertiary/aromatic N) is 3. The summed E-state index contributed by atoms with van der Waals surface area (Å²) in [4.78, 5) is 34.7. The Hall–Kier alpha value is -2.83. The van der Waals surface area contributed by atoms with Gasteiger partial charge in [-0.3, -0.25) is 14.6 Å². The fourth-order valence-corrected chi connectivity index (χ4v) is 5.34. The van der Waals surface area contributed by atoms with E-state index in [1.807, 2.05) is 19.1 Å². The third-order valence-electron chi connectivity index (χ3n) is 7.32. The van der Waals surface area contributed by atoms with E-state index in [0.29, 0.717) is 43.0 Å². The molecule has 1 aromatic carbocycles. The van der Waals surface area contributed by atoms with Crippen molar-refractivity contribution in [3.63, 3.8) is 0 Å². The number of aromatic nitrogens is 2. The third kappa shape index (κ3) is 6.06.